The second-order valence-electron chi connectivity index (χ2n) is 8.45. The minimum atomic E-state index is 0.140. The van der Waals surface area contributed by atoms with Crippen LogP contribution in [0.25, 0.3) is 11.4 Å². The lowest BCUT2D eigenvalue weighted by Crippen LogP contribution is -2.11. The van der Waals surface area contributed by atoms with Crippen molar-refractivity contribution in [1.29, 1.82) is 0 Å². The number of hydrogen-bond donors (Lipinski definition) is 0. The topological polar surface area (TPSA) is 69.6 Å². The molecular formula is C21H27N5OS. The third-order valence-corrected chi connectivity index (χ3v) is 6.18. The maximum absolute atomic E-state index is 5.51. The molecule has 28 heavy (non-hydrogen) atoms. The summed E-state index contributed by atoms with van der Waals surface area (Å²) in [6.45, 7) is 8.51. The summed E-state index contributed by atoms with van der Waals surface area (Å²) in [5.41, 5.74) is 2.58. The zero-order valence-electron chi connectivity index (χ0n) is 17.0. The number of thioether (sulfide) groups is 1. The predicted octanol–water partition coefficient (Wildman–Crippen LogP) is 5.34. The van der Waals surface area contributed by atoms with E-state index in [1.54, 1.807) is 11.8 Å². The summed E-state index contributed by atoms with van der Waals surface area (Å²) < 4.78 is 7.83. The smallest absolute Gasteiger partial charge is 0.226 e. The van der Waals surface area contributed by atoms with E-state index in [-0.39, 0.29) is 5.41 Å². The Morgan fingerprint density at radius 1 is 1.04 bits per heavy atom. The first-order valence-electron chi connectivity index (χ1n) is 9.89. The zero-order chi connectivity index (χ0) is 19.7. The van der Waals surface area contributed by atoms with Crippen molar-refractivity contribution in [3.05, 3.63) is 41.6 Å². The van der Waals surface area contributed by atoms with Crippen molar-refractivity contribution >= 4 is 11.8 Å². The van der Waals surface area contributed by atoms with Crippen molar-refractivity contribution in [3.63, 3.8) is 0 Å². The molecule has 148 valence electrons. The molecule has 0 unspecified atom stereocenters. The van der Waals surface area contributed by atoms with Gasteiger partial charge < -0.3 is 4.42 Å². The molecule has 1 aliphatic carbocycles. The van der Waals surface area contributed by atoms with Gasteiger partial charge in [0.2, 0.25) is 11.8 Å². The van der Waals surface area contributed by atoms with Crippen molar-refractivity contribution in [2.24, 2.45) is 0 Å². The van der Waals surface area contributed by atoms with E-state index >= 15 is 0 Å². The molecule has 0 bridgehead atoms. The summed E-state index contributed by atoms with van der Waals surface area (Å²) in [5.74, 6) is 2.78. The fourth-order valence-corrected chi connectivity index (χ4v) is 4.55. The van der Waals surface area contributed by atoms with Gasteiger partial charge in [0.15, 0.2) is 11.0 Å². The van der Waals surface area contributed by atoms with Gasteiger partial charge in [-0.25, -0.2) is 0 Å². The first-order valence-corrected chi connectivity index (χ1v) is 10.9. The molecule has 1 fully saturated rings. The van der Waals surface area contributed by atoms with Crippen molar-refractivity contribution in [1.82, 2.24) is 25.0 Å². The SMILES string of the molecule is Cc1nnc(CSc2nnc(-c3ccc(C(C)(C)C)cc3)n2C2CCCC2)o1. The molecule has 7 heteroatoms. The Morgan fingerprint density at radius 2 is 1.75 bits per heavy atom. The van der Waals surface area contributed by atoms with Crippen LogP contribution < -0.4 is 0 Å². The van der Waals surface area contributed by atoms with E-state index in [2.05, 4.69) is 70.0 Å². The first kappa shape index (κ1) is 19.2. The quantitative estimate of drug-likeness (QED) is 0.541. The van der Waals surface area contributed by atoms with Gasteiger partial charge in [0, 0.05) is 18.5 Å². The lowest BCUT2D eigenvalue weighted by Gasteiger charge is -2.20. The fraction of sp³-hybridized carbons (Fsp3) is 0.524. The third-order valence-electron chi connectivity index (χ3n) is 5.26. The Morgan fingerprint density at radius 3 is 2.36 bits per heavy atom. The molecule has 4 rings (SSSR count). The van der Waals surface area contributed by atoms with Crippen LogP contribution in [-0.2, 0) is 11.2 Å². The van der Waals surface area contributed by atoms with Crippen molar-refractivity contribution in [3.8, 4) is 11.4 Å². The molecule has 3 aromatic rings. The van der Waals surface area contributed by atoms with Gasteiger partial charge in [-0.15, -0.1) is 20.4 Å². The van der Waals surface area contributed by atoms with E-state index in [0.29, 0.717) is 23.6 Å². The number of aryl methyl sites for hydroxylation is 1. The summed E-state index contributed by atoms with van der Waals surface area (Å²) in [5, 5.41) is 18.0. The van der Waals surface area contributed by atoms with Crippen LogP contribution in [0.3, 0.4) is 0 Å². The highest BCUT2D eigenvalue weighted by Crippen LogP contribution is 2.37. The van der Waals surface area contributed by atoms with Gasteiger partial charge >= 0.3 is 0 Å². The molecule has 2 aromatic heterocycles. The van der Waals surface area contributed by atoms with Crippen LogP contribution in [0.5, 0.6) is 0 Å². The molecule has 0 spiro atoms. The molecule has 0 amide bonds. The van der Waals surface area contributed by atoms with Gasteiger partial charge in [0.1, 0.15) is 0 Å². The normalized spacial score (nSPS) is 15.4. The Labute approximate surface area is 170 Å². The molecule has 1 aliphatic rings. The minimum Gasteiger partial charge on any atom is -0.425 e. The second-order valence-corrected chi connectivity index (χ2v) is 9.39. The first-order chi connectivity index (χ1) is 13.4. The van der Waals surface area contributed by atoms with E-state index in [9.17, 15) is 0 Å². The summed E-state index contributed by atoms with van der Waals surface area (Å²) in [7, 11) is 0. The molecule has 0 saturated heterocycles. The highest BCUT2D eigenvalue weighted by atomic mass is 32.2. The molecule has 0 radical (unpaired) electrons. The average Bonchev–Trinajstić information content (AvgIpc) is 3.39. The van der Waals surface area contributed by atoms with Crippen molar-refractivity contribution in [2.75, 3.05) is 0 Å². The Hall–Kier alpha value is -2.15. The fourth-order valence-electron chi connectivity index (χ4n) is 3.71. The molecule has 0 aliphatic heterocycles. The summed E-state index contributed by atoms with van der Waals surface area (Å²) in [4.78, 5) is 0. The van der Waals surface area contributed by atoms with Crippen LogP contribution in [0.15, 0.2) is 33.8 Å². The van der Waals surface area contributed by atoms with Crippen LogP contribution in [-0.4, -0.2) is 25.0 Å². The van der Waals surface area contributed by atoms with Crippen LogP contribution in [0, 0.1) is 6.92 Å². The molecular weight excluding hydrogens is 370 g/mol. The van der Waals surface area contributed by atoms with E-state index in [1.807, 2.05) is 6.92 Å². The minimum absolute atomic E-state index is 0.140. The second kappa shape index (κ2) is 7.70. The standard InChI is InChI=1S/C21H27N5OS/c1-14-22-23-18(27-14)13-28-20-25-24-19(26(20)17-7-5-6-8-17)15-9-11-16(12-10-15)21(2,3)4/h9-12,17H,5-8,13H2,1-4H3. The number of rotatable bonds is 5. The summed E-state index contributed by atoms with van der Waals surface area (Å²) in [6.07, 6.45) is 4.88. The number of nitrogens with zero attached hydrogens (tertiary/aromatic N) is 5. The van der Waals surface area contributed by atoms with E-state index < -0.39 is 0 Å². The van der Waals surface area contributed by atoms with Gasteiger partial charge in [-0.2, -0.15) is 0 Å². The maximum Gasteiger partial charge on any atom is 0.226 e. The van der Waals surface area contributed by atoms with Crippen LogP contribution in [0.1, 0.15) is 69.8 Å². The van der Waals surface area contributed by atoms with E-state index in [4.69, 9.17) is 4.42 Å². The molecule has 0 N–H and O–H groups in total. The third kappa shape index (κ3) is 3.99. The molecule has 2 heterocycles. The molecule has 6 nitrogen and oxygen atoms in total. The van der Waals surface area contributed by atoms with Gasteiger partial charge in [0.05, 0.1) is 5.75 Å². The van der Waals surface area contributed by atoms with Crippen LogP contribution >= 0.6 is 11.8 Å². The lowest BCUT2D eigenvalue weighted by atomic mass is 9.86. The summed E-state index contributed by atoms with van der Waals surface area (Å²) in [6, 6.07) is 9.21. The average molecular weight is 398 g/mol. The van der Waals surface area contributed by atoms with Crippen molar-refractivity contribution in [2.45, 2.75) is 75.7 Å². The van der Waals surface area contributed by atoms with Crippen LogP contribution in [0.2, 0.25) is 0 Å². The van der Waals surface area contributed by atoms with Gasteiger partial charge in [-0.05, 0) is 23.8 Å². The highest BCUT2D eigenvalue weighted by Gasteiger charge is 2.25. The Balaban J connectivity index is 1.64. The number of hydrogen-bond acceptors (Lipinski definition) is 6. The molecule has 1 aromatic carbocycles. The van der Waals surface area contributed by atoms with E-state index in [1.165, 1.54) is 31.2 Å². The number of aromatic nitrogens is 5. The van der Waals surface area contributed by atoms with Gasteiger partial charge in [-0.3, -0.25) is 4.57 Å². The number of benzene rings is 1. The monoisotopic (exact) mass is 397 g/mol. The van der Waals surface area contributed by atoms with Gasteiger partial charge in [-0.1, -0.05) is 69.6 Å². The molecule has 0 atom stereocenters. The lowest BCUT2D eigenvalue weighted by molar-refractivity contribution is 0.479. The Kier molecular flexibility index (Phi) is 5.27. The highest BCUT2D eigenvalue weighted by molar-refractivity contribution is 7.98. The zero-order valence-corrected chi connectivity index (χ0v) is 17.8. The van der Waals surface area contributed by atoms with Crippen LogP contribution in [0.4, 0.5) is 0 Å². The Bertz CT molecular complexity index is 933. The maximum atomic E-state index is 5.51. The molecule has 1 saturated carbocycles. The van der Waals surface area contributed by atoms with Gasteiger partial charge in [0.25, 0.3) is 0 Å². The summed E-state index contributed by atoms with van der Waals surface area (Å²) >= 11 is 1.62. The van der Waals surface area contributed by atoms with Crippen molar-refractivity contribution < 1.29 is 4.42 Å². The predicted molar refractivity (Wildman–Crippen MR) is 110 cm³/mol. The largest absolute Gasteiger partial charge is 0.425 e. The van der Waals surface area contributed by atoms with E-state index in [0.717, 1.165) is 16.5 Å².